The number of fused-ring (bicyclic) bond motifs is 4. The van der Waals surface area contributed by atoms with Crippen molar-refractivity contribution >= 4 is 54.5 Å². The van der Waals surface area contributed by atoms with E-state index in [0.717, 1.165) is 61.4 Å². The first-order chi connectivity index (χ1) is 19.9. The molecule has 4 saturated heterocycles. The van der Waals surface area contributed by atoms with Crippen LogP contribution < -0.4 is 0 Å². The van der Waals surface area contributed by atoms with Crippen LogP contribution in [0.1, 0.15) is 41.0 Å². The van der Waals surface area contributed by atoms with Crippen molar-refractivity contribution in [2.45, 2.75) is 36.1 Å². The fraction of sp³-hybridized carbons (Fsp3) is 0.286. The van der Waals surface area contributed by atoms with Crippen molar-refractivity contribution in [1.82, 2.24) is 9.80 Å². The second kappa shape index (κ2) is 8.27. The highest BCUT2D eigenvalue weighted by Gasteiger charge is 2.87. The Morgan fingerprint density at radius 2 is 1.61 bits per heavy atom. The van der Waals surface area contributed by atoms with Gasteiger partial charge in [-0.25, -0.2) is 0 Å². The van der Waals surface area contributed by atoms with E-state index in [1.54, 1.807) is 0 Å². The minimum absolute atomic E-state index is 0.0721. The molecule has 0 amide bonds. The van der Waals surface area contributed by atoms with Crippen molar-refractivity contribution in [2.75, 3.05) is 19.6 Å². The predicted octanol–water partition coefficient (Wildman–Crippen LogP) is 6.95. The average Bonchev–Trinajstić information content (AvgIpc) is 3.65. The van der Waals surface area contributed by atoms with Crippen LogP contribution >= 0.6 is 31.9 Å². The number of hydrogen-bond donors (Lipinski definition) is 1. The summed E-state index contributed by atoms with van der Waals surface area (Å²) >= 11 is 7.61. The molecule has 6 atom stereocenters. The van der Waals surface area contributed by atoms with Gasteiger partial charge in [0, 0.05) is 45.1 Å². The molecular formula is C35H28Br2N2O2. The predicted molar refractivity (Wildman–Crippen MR) is 167 cm³/mol. The summed E-state index contributed by atoms with van der Waals surface area (Å²) in [5.41, 5.74) is 1.92. The summed E-state index contributed by atoms with van der Waals surface area (Å²) in [6.07, 6.45) is 4.12. The van der Waals surface area contributed by atoms with Gasteiger partial charge in [0.15, 0.2) is 11.5 Å². The van der Waals surface area contributed by atoms with Crippen molar-refractivity contribution in [3.8, 4) is 0 Å². The van der Waals surface area contributed by atoms with E-state index in [4.69, 9.17) is 0 Å². The van der Waals surface area contributed by atoms with Gasteiger partial charge in [0.2, 0.25) is 0 Å². The number of ketones is 1. The standard InChI is InChI=1S/C35H28Br2N2O2/c36-27-14-3-1-8-22(27)18-23-19-38-20-33(32(23)40)31(24-11-2-4-15-28(24)37)29-16-7-17-39(29)34(33)25-12-5-9-21-10-6-13-26(30(21)25)35(34,38)41/h1-6,8-15,18,29,31,41H,7,16-17,19-20H2/b23-18+/t29-,31-,33+,34-,35-/m0/s1. The highest BCUT2D eigenvalue weighted by molar-refractivity contribution is 9.10. The van der Waals surface area contributed by atoms with Gasteiger partial charge in [-0.05, 0) is 65.1 Å². The van der Waals surface area contributed by atoms with Crippen LogP contribution in [0.25, 0.3) is 16.8 Å². The first-order valence-corrected chi connectivity index (χ1v) is 16.0. The third-order valence-corrected chi connectivity index (χ3v) is 12.3. The number of benzene rings is 4. The van der Waals surface area contributed by atoms with E-state index in [-0.39, 0.29) is 17.7 Å². The van der Waals surface area contributed by atoms with Gasteiger partial charge in [-0.1, -0.05) is 105 Å². The second-order valence-corrected chi connectivity index (χ2v) is 14.1. The molecule has 5 aliphatic rings. The summed E-state index contributed by atoms with van der Waals surface area (Å²) in [5.74, 6) is 0.109. The minimum atomic E-state index is -1.33. The van der Waals surface area contributed by atoms with Crippen molar-refractivity contribution in [3.63, 3.8) is 0 Å². The van der Waals surface area contributed by atoms with E-state index in [1.165, 1.54) is 5.56 Å². The Kier molecular flexibility index (Phi) is 5.03. The van der Waals surface area contributed by atoms with Gasteiger partial charge >= 0.3 is 0 Å². The van der Waals surface area contributed by atoms with E-state index in [0.29, 0.717) is 13.1 Å². The molecule has 4 fully saturated rings. The first kappa shape index (κ1) is 24.9. The maximum atomic E-state index is 15.5. The molecule has 4 heterocycles. The van der Waals surface area contributed by atoms with Crippen molar-refractivity contribution in [2.24, 2.45) is 5.41 Å². The van der Waals surface area contributed by atoms with Crippen LogP contribution in [-0.4, -0.2) is 46.4 Å². The van der Waals surface area contributed by atoms with Crippen molar-refractivity contribution in [3.05, 3.63) is 122 Å². The highest BCUT2D eigenvalue weighted by Crippen LogP contribution is 2.78. The topological polar surface area (TPSA) is 43.8 Å². The zero-order valence-electron chi connectivity index (χ0n) is 22.4. The molecular weight excluding hydrogens is 640 g/mol. The Hall–Kier alpha value is -2.61. The third-order valence-electron chi connectivity index (χ3n) is 10.9. The lowest BCUT2D eigenvalue weighted by Gasteiger charge is -2.48. The number of carbonyl (C=O) groups is 1. The van der Waals surface area contributed by atoms with Gasteiger partial charge in [0.05, 0.1) is 5.41 Å². The summed E-state index contributed by atoms with van der Waals surface area (Å²) in [6, 6.07) is 29.4. The van der Waals surface area contributed by atoms with Gasteiger partial charge in [-0.2, -0.15) is 0 Å². The number of carbonyl (C=O) groups excluding carboxylic acids is 1. The molecule has 4 aromatic rings. The molecule has 6 heteroatoms. The van der Waals surface area contributed by atoms with Crippen LogP contribution in [0.3, 0.4) is 0 Å². The summed E-state index contributed by atoms with van der Waals surface area (Å²) in [4.78, 5) is 20.3. The van der Waals surface area contributed by atoms with E-state index >= 15 is 4.79 Å². The molecule has 4 aromatic carbocycles. The molecule has 1 aliphatic carbocycles. The average molecular weight is 668 g/mol. The van der Waals surface area contributed by atoms with Gasteiger partial charge in [-0.3, -0.25) is 14.6 Å². The van der Waals surface area contributed by atoms with E-state index in [2.05, 4.69) is 102 Å². The summed E-state index contributed by atoms with van der Waals surface area (Å²) in [6.45, 7) is 1.80. The zero-order chi connectivity index (χ0) is 27.7. The number of halogens is 2. The Bertz CT molecular complexity index is 1850. The molecule has 9 rings (SSSR count). The maximum absolute atomic E-state index is 15.5. The van der Waals surface area contributed by atoms with E-state index in [9.17, 15) is 5.11 Å². The SMILES string of the molecule is O=C1/C(=C/c2ccccc2Br)CN2C[C@@]13[C@@H](c1ccccc1Br)[C@@H]1CCCN1[C@@]31c3cccc4cccc(c34)[C@@]21O. The van der Waals surface area contributed by atoms with Crippen LogP contribution in [0, 0.1) is 5.41 Å². The maximum Gasteiger partial charge on any atom is 0.170 e. The van der Waals surface area contributed by atoms with Crippen LogP contribution in [0.4, 0.5) is 0 Å². The fourth-order valence-corrected chi connectivity index (χ4v) is 10.7. The normalized spacial score (nSPS) is 35.7. The summed E-state index contributed by atoms with van der Waals surface area (Å²) in [5, 5.41) is 15.8. The Morgan fingerprint density at radius 3 is 2.39 bits per heavy atom. The van der Waals surface area contributed by atoms with Gasteiger partial charge in [0.1, 0.15) is 5.54 Å². The number of Topliss-reactive ketones (excluding diaryl/α,β-unsaturated/α-hetero) is 1. The number of aliphatic hydroxyl groups is 1. The smallest absolute Gasteiger partial charge is 0.170 e. The molecule has 2 spiro atoms. The summed E-state index contributed by atoms with van der Waals surface area (Å²) < 4.78 is 2.00. The highest BCUT2D eigenvalue weighted by atomic mass is 79.9. The van der Waals surface area contributed by atoms with Crippen LogP contribution in [0.5, 0.6) is 0 Å². The first-order valence-electron chi connectivity index (χ1n) is 14.5. The lowest BCUT2D eigenvalue weighted by Crippen LogP contribution is -2.61. The molecule has 41 heavy (non-hydrogen) atoms. The van der Waals surface area contributed by atoms with Crippen LogP contribution in [-0.2, 0) is 16.1 Å². The molecule has 1 N–H and O–H groups in total. The van der Waals surface area contributed by atoms with Gasteiger partial charge in [-0.15, -0.1) is 0 Å². The minimum Gasteiger partial charge on any atom is -0.369 e. The molecule has 4 nitrogen and oxygen atoms in total. The lowest BCUT2D eigenvalue weighted by atomic mass is 9.56. The largest absolute Gasteiger partial charge is 0.369 e. The zero-order valence-corrected chi connectivity index (χ0v) is 25.5. The van der Waals surface area contributed by atoms with E-state index in [1.807, 2.05) is 30.3 Å². The number of piperidine rings is 1. The lowest BCUT2D eigenvalue weighted by molar-refractivity contribution is -0.173. The van der Waals surface area contributed by atoms with Crippen molar-refractivity contribution in [1.29, 1.82) is 0 Å². The van der Waals surface area contributed by atoms with Crippen LogP contribution in [0.2, 0.25) is 0 Å². The molecule has 204 valence electrons. The number of rotatable bonds is 2. The van der Waals surface area contributed by atoms with Crippen LogP contribution in [0.15, 0.2) is 99.4 Å². The molecule has 0 saturated carbocycles. The summed E-state index contributed by atoms with van der Waals surface area (Å²) in [7, 11) is 0. The molecule has 2 bridgehead atoms. The second-order valence-electron chi connectivity index (χ2n) is 12.3. The van der Waals surface area contributed by atoms with Gasteiger partial charge < -0.3 is 5.11 Å². The number of nitrogens with zero attached hydrogens (tertiary/aromatic N) is 2. The Morgan fingerprint density at radius 1 is 0.878 bits per heavy atom. The molecule has 0 aromatic heterocycles. The van der Waals surface area contributed by atoms with E-state index < -0.39 is 16.7 Å². The third kappa shape index (κ3) is 2.67. The molecule has 0 radical (unpaired) electrons. The Balaban J connectivity index is 1.41. The number of hydrogen-bond acceptors (Lipinski definition) is 4. The monoisotopic (exact) mass is 666 g/mol. The molecule has 4 aliphatic heterocycles. The fourth-order valence-electron chi connectivity index (χ4n) is 9.82. The molecule has 1 unspecified atom stereocenters. The quantitative estimate of drug-likeness (QED) is 0.235. The van der Waals surface area contributed by atoms with Crippen molar-refractivity contribution < 1.29 is 9.90 Å². The van der Waals surface area contributed by atoms with Gasteiger partial charge in [0.25, 0.3) is 0 Å². The Labute approximate surface area is 255 Å².